The molecule has 0 unspecified atom stereocenters. The molecular weight excluding hydrogens is 377 g/mol. The van der Waals surface area contributed by atoms with E-state index in [-0.39, 0.29) is 17.2 Å². The number of ether oxygens (including phenoxy) is 1. The highest BCUT2D eigenvalue weighted by molar-refractivity contribution is 6.44. The number of nitrogens with one attached hydrogen (secondary N) is 1. The molecule has 0 radical (unpaired) electrons. The second-order valence-electron chi connectivity index (χ2n) is 5.05. The number of nitriles is 1. The van der Waals surface area contributed by atoms with Gasteiger partial charge in [0.05, 0.1) is 15.7 Å². The third-order valence-electron chi connectivity index (χ3n) is 3.14. The maximum Gasteiger partial charge on any atom is 0.266 e. The zero-order chi connectivity index (χ0) is 19.1. The van der Waals surface area contributed by atoms with Crippen molar-refractivity contribution < 1.29 is 14.3 Å². The molecule has 0 bridgehead atoms. The SMILES string of the molecule is N#C/C(=C\c1ccc(OCC(N)=O)cc1)C(=O)Nc1cccc(Cl)c1Cl. The van der Waals surface area contributed by atoms with Crippen molar-refractivity contribution in [1.82, 2.24) is 0 Å². The van der Waals surface area contributed by atoms with E-state index in [0.29, 0.717) is 22.0 Å². The van der Waals surface area contributed by atoms with Crippen LogP contribution in [0.15, 0.2) is 48.0 Å². The van der Waals surface area contributed by atoms with Gasteiger partial charge in [-0.3, -0.25) is 9.59 Å². The highest BCUT2D eigenvalue weighted by atomic mass is 35.5. The zero-order valence-electron chi connectivity index (χ0n) is 13.3. The third kappa shape index (κ3) is 5.24. The lowest BCUT2D eigenvalue weighted by Gasteiger charge is -2.07. The number of hydrogen-bond donors (Lipinski definition) is 2. The van der Waals surface area contributed by atoms with Crippen LogP contribution in [0, 0.1) is 11.3 Å². The van der Waals surface area contributed by atoms with Gasteiger partial charge in [-0.05, 0) is 35.9 Å². The van der Waals surface area contributed by atoms with Crippen molar-refractivity contribution in [3.8, 4) is 11.8 Å². The first-order valence-electron chi connectivity index (χ1n) is 7.29. The van der Waals surface area contributed by atoms with E-state index in [0.717, 1.165) is 0 Å². The molecule has 0 saturated heterocycles. The van der Waals surface area contributed by atoms with Crippen molar-refractivity contribution in [2.24, 2.45) is 5.73 Å². The van der Waals surface area contributed by atoms with Gasteiger partial charge in [0.15, 0.2) is 6.61 Å². The van der Waals surface area contributed by atoms with Crippen LogP contribution in [-0.2, 0) is 9.59 Å². The van der Waals surface area contributed by atoms with Crippen molar-refractivity contribution in [3.05, 3.63) is 63.6 Å². The Balaban J connectivity index is 2.14. The normalized spacial score (nSPS) is 10.7. The lowest BCUT2D eigenvalue weighted by atomic mass is 10.1. The summed E-state index contributed by atoms with van der Waals surface area (Å²) in [5, 5.41) is 12.3. The summed E-state index contributed by atoms with van der Waals surface area (Å²) in [6, 6.07) is 13.1. The summed E-state index contributed by atoms with van der Waals surface area (Å²) in [7, 11) is 0. The Bertz CT molecular complexity index is 903. The second kappa shape index (κ2) is 8.90. The topological polar surface area (TPSA) is 105 Å². The number of halogens is 2. The van der Waals surface area contributed by atoms with Gasteiger partial charge in [-0.2, -0.15) is 5.26 Å². The van der Waals surface area contributed by atoms with Crippen LogP contribution < -0.4 is 15.8 Å². The van der Waals surface area contributed by atoms with Crippen LogP contribution in [0.1, 0.15) is 5.56 Å². The van der Waals surface area contributed by atoms with E-state index in [1.54, 1.807) is 42.5 Å². The van der Waals surface area contributed by atoms with Crippen LogP contribution in [0.5, 0.6) is 5.75 Å². The molecule has 2 aromatic rings. The molecule has 26 heavy (non-hydrogen) atoms. The summed E-state index contributed by atoms with van der Waals surface area (Å²) in [6.45, 7) is -0.235. The molecule has 3 N–H and O–H groups in total. The minimum Gasteiger partial charge on any atom is -0.484 e. The Labute approximate surface area is 159 Å². The number of primary amides is 1. The molecule has 0 aliphatic carbocycles. The summed E-state index contributed by atoms with van der Waals surface area (Å²) in [5.74, 6) is -0.766. The molecular formula is C18H13Cl2N3O3. The van der Waals surface area contributed by atoms with Gasteiger partial charge in [0, 0.05) is 0 Å². The highest BCUT2D eigenvalue weighted by Gasteiger charge is 2.12. The van der Waals surface area contributed by atoms with Gasteiger partial charge in [-0.25, -0.2) is 0 Å². The van der Waals surface area contributed by atoms with Crippen molar-refractivity contribution in [2.75, 3.05) is 11.9 Å². The smallest absolute Gasteiger partial charge is 0.266 e. The number of carbonyl (C=O) groups is 2. The third-order valence-corrected chi connectivity index (χ3v) is 3.96. The first kappa shape index (κ1) is 19.3. The number of carbonyl (C=O) groups excluding carboxylic acids is 2. The maximum absolute atomic E-state index is 12.3. The maximum atomic E-state index is 12.3. The summed E-state index contributed by atoms with van der Waals surface area (Å²) in [5.41, 5.74) is 5.78. The number of amides is 2. The van der Waals surface area contributed by atoms with Gasteiger partial charge in [-0.1, -0.05) is 41.4 Å². The summed E-state index contributed by atoms with van der Waals surface area (Å²) >= 11 is 11.9. The van der Waals surface area contributed by atoms with Gasteiger partial charge >= 0.3 is 0 Å². The van der Waals surface area contributed by atoms with E-state index in [4.69, 9.17) is 33.7 Å². The van der Waals surface area contributed by atoms with Crippen LogP contribution in [0.25, 0.3) is 6.08 Å². The summed E-state index contributed by atoms with van der Waals surface area (Å²) < 4.78 is 5.14. The average molecular weight is 390 g/mol. The van der Waals surface area contributed by atoms with Crippen molar-refractivity contribution in [1.29, 1.82) is 5.26 Å². The predicted octanol–water partition coefficient (Wildman–Crippen LogP) is 3.40. The molecule has 0 heterocycles. The molecule has 6 nitrogen and oxygen atoms in total. The predicted molar refractivity (Wildman–Crippen MR) is 99.8 cm³/mol. The lowest BCUT2D eigenvalue weighted by molar-refractivity contribution is -0.120. The Hall–Kier alpha value is -3.01. The molecule has 132 valence electrons. The molecule has 0 atom stereocenters. The molecule has 0 fully saturated rings. The van der Waals surface area contributed by atoms with E-state index in [1.807, 2.05) is 6.07 Å². The molecule has 0 aliphatic rings. The fourth-order valence-corrected chi connectivity index (χ4v) is 2.27. The van der Waals surface area contributed by atoms with Gasteiger partial charge in [0.25, 0.3) is 11.8 Å². The Morgan fingerprint density at radius 1 is 1.19 bits per heavy atom. The fourth-order valence-electron chi connectivity index (χ4n) is 1.92. The van der Waals surface area contributed by atoms with E-state index >= 15 is 0 Å². The molecule has 2 amide bonds. The standard InChI is InChI=1S/C18H13Cl2N3O3/c19-14-2-1-3-15(17(14)20)23-18(25)12(9-21)8-11-4-6-13(7-5-11)26-10-16(22)24/h1-8H,10H2,(H2,22,24)(H,23,25)/b12-8+. The van der Waals surface area contributed by atoms with E-state index in [9.17, 15) is 14.9 Å². The summed E-state index contributed by atoms with van der Waals surface area (Å²) in [4.78, 5) is 23.0. The summed E-state index contributed by atoms with van der Waals surface area (Å²) in [6.07, 6.45) is 1.41. The molecule has 0 aromatic heterocycles. The van der Waals surface area contributed by atoms with E-state index < -0.39 is 11.8 Å². The number of benzene rings is 2. The van der Waals surface area contributed by atoms with Crippen LogP contribution in [0.4, 0.5) is 5.69 Å². The van der Waals surface area contributed by atoms with Gasteiger partial charge in [0.2, 0.25) is 0 Å². The van der Waals surface area contributed by atoms with Crippen LogP contribution in [-0.4, -0.2) is 18.4 Å². The van der Waals surface area contributed by atoms with Crippen molar-refractivity contribution in [2.45, 2.75) is 0 Å². The van der Waals surface area contributed by atoms with Crippen molar-refractivity contribution in [3.63, 3.8) is 0 Å². The molecule has 0 spiro atoms. The minimum atomic E-state index is -0.620. The highest BCUT2D eigenvalue weighted by Crippen LogP contribution is 2.29. The molecule has 0 aliphatic heterocycles. The van der Waals surface area contributed by atoms with Crippen molar-refractivity contribution >= 4 is 46.8 Å². The second-order valence-corrected chi connectivity index (χ2v) is 5.83. The molecule has 2 rings (SSSR count). The van der Waals surface area contributed by atoms with Crippen LogP contribution >= 0.6 is 23.2 Å². The number of nitrogens with zero attached hydrogens (tertiary/aromatic N) is 1. The quantitative estimate of drug-likeness (QED) is 0.583. The Morgan fingerprint density at radius 2 is 1.88 bits per heavy atom. The number of hydrogen-bond acceptors (Lipinski definition) is 4. The van der Waals surface area contributed by atoms with Gasteiger partial charge in [0.1, 0.15) is 17.4 Å². The van der Waals surface area contributed by atoms with E-state index in [2.05, 4.69) is 5.32 Å². The number of anilines is 1. The number of rotatable bonds is 6. The first-order valence-corrected chi connectivity index (χ1v) is 8.04. The fraction of sp³-hybridized carbons (Fsp3) is 0.0556. The van der Waals surface area contributed by atoms with Crippen LogP contribution in [0.3, 0.4) is 0 Å². The zero-order valence-corrected chi connectivity index (χ0v) is 14.8. The molecule has 8 heteroatoms. The average Bonchev–Trinajstić information content (AvgIpc) is 2.62. The first-order chi connectivity index (χ1) is 12.4. The largest absolute Gasteiger partial charge is 0.484 e. The Kier molecular flexibility index (Phi) is 6.61. The Morgan fingerprint density at radius 3 is 2.50 bits per heavy atom. The van der Waals surface area contributed by atoms with Gasteiger partial charge < -0.3 is 15.8 Å². The van der Waals surface area contributed by atoms with Gasteiger partial charge in [-0.15, -0.1) is 0 Å². The number of nitrogens with two attached hydrogens (primary N) is 1. The lowest BCUT2D eigenvalue weighted by Crippen LogP contribution is -2.19. The molecule has 0 saturated carbocycles. The monoisotopic (exact) mass is 389 g/mol. The van der Waals surface area contributed by atoms with E-state index in [1.165, 1.54) is 6.08 Å². The molecule has 2 aromatic carbocycles. The van der Waals surface area contributed by atoms with Crippen LogP contribution in [0.2, 0.25) is 10.0 Å². The minimum absolute atomic E-state index is 0.119.